The molecule has 0 radical (unpaired) electrons. The Hall–Kier alpha value is -2.18. The lowest BCUT2D eigenvalue weighted by Gasteiger charge is -2.08. The molecule has 0 saturated heterocycles. The van der Waals surface area contributed by atoms with Gasteiger partial charge in [-0.3, -0.25) is 9.48 Å². The highest BCUT2D eigenvalue weighted by Crippen LogP contribution is 2.15. The Morgan fingerprint density at radius 2 is 2.04 bits per heavy atom. The molecule has 3 rings (SSSR count). The second-order valence-corrected chi connectivity index (χ2v) is 6.54. The van der Waals surface area contributed by atoms with Gasteiger partial charge in [-0.05, 0) is 38.7 Å². The first-order chi connectivity index (χ1) is 11.6. The van der Waals surface area contributed by atoms with E-state index in [0.29, 0.717) is 13.0 Å². The van der Waals surface area contributed by atoms with E-state index in [1.54, 1.807) is 0 Å². The number of hydrogen-bond donors (Lipinski definition) is 1. The summed E-state index contributed by atoms with van der Waals surface area (Å²) in [5, 5.41) is 15.9. The summed E-state index contributed by atoms with van der Waals surface area (Å²) in [7, 11) is 1.93. The minimum Gasteiger partial charge on any atom is -0.349 e. The van der Waals surface area contributed by atoms with E-state index < -0.39 is 0 Å². The van der Waals surface area contributed by atoms with Gasteiger partial charge in [0.25, 0.3) is 0 Å². The molecule has 1 aliphatic heterocycles. The molecule has 7 nitrogen and oxygen atoms in total. The van der Waals surface area contributed by atoms with Gasteiger partial charge in [0.1, 0.15) is 5.82 Å². The minimum absolute atomic E-state index is 0.0450. The molecule has 0 spiro atoms. The van der Waals surface area contributed by atoms with Gasteiger partial charge in [0.15, 0.2) is 5.82 Å². The standard InChI is InChI=1S/C17H26N6O/c1-12-14(13(2)22(3)21-12)8-9-17(24)18-11-16-20-19-15-7-5-4-6-10-23(15)16/h4-11H2,1-3H3,(H,18,24). The lowest BCUT2D eigenvalue weighted by atomic mass is 10.1. The predicted molar refractivity (Wildman–Crippen MR) is 90.4 cm³/mol. The first kappa shape index (κ1) is 16.7. The molecule has 3 heterocycles. The fourth-order valence-electron chi connectivity index (χ4n) is 3.36. The Bertz CT molecular complexity index is 730. The quantitative estimate of drug-likeness (QED) is 0.903. The average molecular weight is 330 g/mol. The Morgan fingerprint density at radius 1 is 1.21 bits per heavy atom. The highest BCUT2D eigenvalue weighted by atomic mass is 16.1. The number of amides is 1. The highest BCUT2D eigenvalue weighted by Gasteiger charge is 2.16. The fourth-order valence-corrected chi connectivity index (χ4v) is 3.36. The van der Waals surface area contributed by atoms with Crippen molar-refractivity contribution in [2.75, 3.05) is 0 Å². The summed E-state index contributed by atoms with van der Waals surface area (Å²) in [5.41, 5.74) is 3.30. The summed E-state index contributed by atoms with van der Waals surface area (Å²) in [6.45, 7) is 5.45. The molecular formula is C17H26N6O. The van der Waals surface area contributed by atoms with Crippen LogP contribution in [0.3, 0.4) is 0 Å². The van der Waals surface area contributed by atoms with Crippen LogP contribution in [0.25, 0.3) is 0 Å². The minimum atomic E-state index is 0.0450. The number of rotatable bonds is 5. The molecule has 0 atom stereocenters. The number of nitrogens with zero attached hydrogens (tertiary/aromatic N) is 5. The highest BCUT2D eigenvalue weighted by molar-refractivity contribution is 5.76. The summed E-state index contributed by atoms with van der Waals surface area (Å²) >= 11 is 0. The zero-order valence-electron chi connectivity index (χ0n) is 14.8. The molecule has 7 heteroatoms. The van der Waals surface area contributed by atoms with Crippen LogP contribution in [0.4, 0.5) is 0 Å². The van der Waals surface area contributed by atoms with Gasteiger partial charge >= 0.3 is 0 Å². The maximum atomic E-state index is 12.2. The number of fused-ring (bicyclic) bond motifs is 1. The third-order valence-corrected chi connectivity index (χ3v) is 4.89. The number of nitrogens with one attached hydrogen (secondary N) is 1. The molecule has 1 aliphatic rings. The number of aromatic nitrogens is 5. The van der Waals surface area contributed by atoms with Crippen molar-refractivity contribution in [3.05, 3.63) is 28.6 Å². The van der Waals surface area contributed by atoms with Crippen LogP contribution in [0, 0.1) is 13.8 Å². The Kier molecular flexibility index (Phi) is 4.97. The molecule has 1 amide bonds. The van der Waals surface area contributed by atoms with Crippen molar-refractivity contribution < 1.29 is 4.79 Å². The van der Waals surface area contributed by atoms with E-state index in [1.165, 1.54) is 18.4 Å². The summed E-state index contributed by atoms with van der Waals surface area (Å²) in [6.07, 6.45) is 5.74. The summed E-state index contributed by atoms with van der Waals surface area (Å²) < 4.78 is 4.04. The molecular weight excluding hydrogens is 304 g/mol. The molecule has 1 N–H and O–H groups in total. The number of carbonyl (C=O) groups is 1. The lowest BCUT2D eigenvalue weighted by Crippen LogP contribution is -2.25. The number of carbonyl (C=O) groups excluding carboxylic acids is 1. The van der Waals surface area contributed by atoms with Crippen LogP contribution in [0.2, 0.25) is 0 Å². The first-order valence-corrected chi connectivity index (χ1v) is 8.73. The van der Waals surface area contributed by atoms with E-state index >= 15 is 0 Å². The average Bonchev–Trinajstić information content (AvgIpc) is 2.93. The molecule has 2 aromatic rings. The summed E-state index contributed by atoms with van der Waals surface area (Å²) in [4.78, 5) is 12.2. The third kappa shape index (κ3) is 3.49. The molecule has 0 aliphatic carbocycles. The van der Waals surface area contributed by atoms with Gasteiger partial charge in [0.05, 0.1) is 12.2 Å². The normalized spacial score (nSPS) is 14.3. The van der Waals surface area contributed by atoms with Crippen molar-refractivity contribution in [3.63, 3.8) is 0 Å². The fraction of sp³-hybridized carbons (Fsp3) is 0.647. The topological polar surface area (TPSA) is 77.6 Å². The van der Waals surface area contributed by atoms with Crippen LogP contribution in [0.5, 0.6) is 0 Å². The number of aryl methyl sites for hydroxylation is 3. The smallest absolute Gasteiger partial charge is 0.220 e. The van der Waals surface area contributed by atoms with Gasteiger partial charge in [-0.2, -0.15) is 5.10 Å². The van der Waals surface area contributed by atoms with Crippen LogP contribution in [-0.2, 0) is 37.8 Å². The second kappa shape index (κ2) is 7.15. The van der Waals surface area contributed by atoms with E-state index in [9.17, 15) is 4.79 Å². The zero-order valence-corrected chi connectivity index (χ0v) is 14.8. The Labute approximate surface area is 142 Å². The predicted octanol–water partition coefficient (Wildman–Crippen LogP) is 1.60. The van der Waals surface area contributed by atoms with Crippen LogP contribution >= 0.6 is 0 Å². The third-order valence-electron chi connectivity index (χ3n) is 4.89. The van der Waals surface area contributed by atoms with Crippen molar-refractivity contribution in [1.29, 1.82) is 0 Å². The monoisotopic (exact) mass is 330 g/mol. The van der Waals surface area contributed by atoms with Crippen molar-refractivity contribution in [3.8, 4) is 0 Å². The maximum absolute atomic E-state index is 12.2. The Morgan fingerprint density at radius 3 is 2.79 bits per heavy atom. The van der Waals surface area contributed by atoms with Crippen molar-refractivity contribution in [2.24, 2.45) is 7.05 Å². The van der Waals surface area contributed by atoms with Gasteiger partial charge in [0, 0.05) is 32.1 Å². The van der Waals surface area contributed by atoms with Crippen molar-refractivity contribution >= 4 is 5.91 Å². The molecule has 0 saturated carbocycles. The largest absolute Gasteiger partial charge is 0.349 e. The number of hydrogen-bond acceptors (Lipinski definition) is 4. The van der Waals surface area contributed by atoms with Crippen LogP contribution in [0.1, 0.15) is 54.3 Å². The van der Waals surface area contributed by atoms with Gasteiger partial charge in [0.2, 0.25) is 5.91 Å². The van der Waals surface area contributed by atoms with Crippen LogP contribution in [0.15, 0.2) is 0 Å². The molecule has 0 fully saturated rings. The molecule has 24 heavy (non-hydrogen) atoms. The first-order valence-electron chi connectivity index (χ1n) is 8.73. The lowest BCUT2D eigenvalue weighted by molar-refractivity contribution is -0.121. The van der Waals surface area contributed by atoms with E-state index in [1.807, 2.05) is 25.6 Å². The summed E-state index contributed by atoms with van der Waals surface area (Å²) in [5.74, 6) is 1.97. The molecule has 130 valence electrons. The summed E-state index contributed by atoms with van der Waals surface area (Å²) in [6, 6.07) is 0. The van der Waals surface area contributed by atoms with Gasteiger partial charge in [-0.15, -0.1) is 10.2 Å². The maximum Gasteiger partial charge on any atom is 0.220 e. The van der Waals surface area contributed by atoms with E-state index in [-0.39, 0.29) is 5.91 Å². The van der Waals surface area contributed by atoms with Crippen LogP contribution < -0.4 is 5.32 Å². The molecule has 0 unspecified atom stereocenters. The van der Waals surface area contributed by atoms with Crippen LogP contribution in [-0.4, -0.2) is 30.5 Å². The molecule has 0 bridgehead atoms. The van der Waals surface area contributed by atoms with Crippen molar-refractivity contribution in [2.45, 2.75) is 65.5 Å². The molecule has 0 aromatic carbocycles. The van der Waals surface area contributed by atoms with Gasteiger partial charge in [-0.25, -0.2) is 0 Å². The van der Waals surface area contributed by atoms with Crippen molar-refractivity contribution in [1.82, 2.24) is 29.9 Å². The zero-order chi connectivity index (χ0) is 17.1. The van der Waals surface area contributed by atoms with Gasteiger partial charge < -0.3 is 9.88 Å². The van der Waals surface area contributed by atoms with E-state index in [0.717, 1.165) is 48.8 Å². The second-order valence-electron chi connectivity index (χ2n) is 6.54. The van der Waals surface area contributed by atoms with E-state index in [2.05, 4.69) is 25.2 Å². The SMILES string of the molecule is Cc1nn(C)c(C)c1CCC(=O)NCc1nnc2n1CCCCC2. The molecule has 2 aromatic heterocycles. The van der Waals surface area contributed by atoms with E-state index in [4.69, 9.17) is 0 Å². The van der Waals surface area contributed by atoms with Gasteiger partial charge in [-0.1, -0.05) is 6.42 Å². The Balaban J connectivity index is 1.54.